The largest absolute Gasteiger partial charge is 0.339 e. The molecule has 0 bridgehead atoms. The van der Waals surface area contributed by atoms with Crippen LogP contribution < -0.4 is 11.2 Å². The van der Waals surface area contributed by atoms with Crippen molar-refractivity contribution in [3.05, 3.63) is 87.1 Å². The standard InChI is InChI=1S/C19H15FN4O3S/c1-28(27)15-9-5-4-8-14(15)24-17-16(21-11-22-17)18(25)23(19(24)26)10-12-6-2-3-7-13(12)20/h2-9,11H,10H2,1H3,(H,21,22)/t28-/m0/s1. The summed E-state index contributed by atoms with van der Waals surface area (Å²) in [6.45, 7) is -0.239. The molecule has 4 aromatic rings. The minimum Gasteiger partial charge on any atom is -0.339 e. The van der Waals surface area contributed by atoms with E-state index in [2.05, 4.69) is 9.97 Å². The van der Waals surface area contributed by atoms with Gasteiger partial charge in [0.25, 0.3) is 5.56 Å². The van der Waals surface area contributed by atoms with E-state index in [9.17, 15) is 18.2 Å². The Morgan fingerprint density at radius 3 is 2.57 bits per heavy atom. The third-order valence-electron chi connectivity index (χ3n) is 4.41. The first kappa shape index (κ1) is 18.1. The topological polar surface area (TPSA) is 89.8 Å². The minimum absolute atomic E-state index is 0.104. The van der Waals surface area contributed by atoms with Gasteiger partial charge in [-0.25, -0.2) is 18.7 Å². The first-order valence-electron chi connectivity index (χ1n) is 8.34. The molecule has 0 saturated heterocycles. The van der Waals surface area contributed by atoms with Crippen LogP contribution in [-0.2, 0) is 17.3 Å². The highest BCUT2D eigenvalue weighted by molar-refractivity contribution is 7.84. The van der Waals surface area contributed by atoms with Crippen LogP contribution in [0.3, 0.4) is 0 Å². The van der Waals surface area contributed by atoms with Crippen LogP contribution in [0, 0.1) is 5.82 Å². The molecule has 0 saturated carbocycles. The predicted molar refractivity (Wildman–Crippen MR) is 104 cm³/mol. The van der Waals surface area contributed by atoms with E-state index in [0.29, 0.717) is 10.6 Å². The number of hydrogen-bond donors (Lipinski definition) is 1. The zero-order valence-electron chi connectivity index (χ0n) is 14.8. The monoisotopic (exact) mass is 398 g/mol. The molecule has 2 aromatic heterocycles. The van der Waals surface area contributed by atoms with Crippen LogP contribution in [0.5, 0.6) is 0 Å². The van der Waals surface area contributed by atoms with E-state index in [0.717, 1.165) is 4.57 Å². The van der Waals surface area contributed by atoms with Gasteiger partial charge in [-0.05, 0) is 18.2 Å². The van der Waals surface area contributed by atoms with E-state index in [1.54, 1.807) is 30.3 Å². The first-order chi connectivity index (χ1) is 13.5. The highest BCUT2D eigenvalue weighted by atomic mass is 32.2. The van der Waals surface area contributed by atoms with Gasteiger partial charge >= 0.3 is 5.69 Å². The quantitative estimate of drug-likeness (QED) is 0.568. The van der Waals surface area contributed by atoms with Crippen LogP contribution in [0.2, 0.25) is 0 Å². The fourth-order valence-electron chi connectivity index (χ4n) is 3.09. The summed E-state index contributed by atoms with van der Waals surface area (Å²) in [6.07, 6.45) is 2.81. The molecule has 0 spiro atoms. The van der Waals surface area contributed by atoms with Gasteiger partial charge in [-0.1, -0.05) is 30.3 Å². The number of para-hydroxylation sites is 1. The highest BCUT2D eigenvalue weighted by Crippen LogP contribution is 2.19. The molecule has 0 radical (unpaired) electrons. The van der Waals surface area contributed by atoms with Crippen LogP contribution in [0.4, 0.5) is 4.39 Å². The number of nitrogens with zero attached hydrogens (tertiary/aromatic N) is 3. The Labute approximate surface area is 160 Å². The average Bonchev–Trinajstić information content (AvgIpc) is 3.16. The van der Waals surface area contributed by atoms with Crippen molar-refractivity contribution in [3.8, 4) is 5.69 Å². The lowest BCUT2D eigenvalue weighted by Gasteiger charge is -2.14. The molecule has 0 aliphatic heterocycles. The first-order valence-corrected chi connectivity index (χ1v) is 9.90. The number of fused-ring (bicyclic) bond motifs is 1. The molecule has 0 unspecified atom stereocenters. The maximum Gasteiger partial charge on any atom is 0.337 e. The van der Waals surface area contributed by atoms with Crippen LogP contribution >= 0.6 is 0 Å². The fourth-order valence-corrected chi connectivity index (χ4v) is 3.81. The smallest absolute Gasteiger partial charge is 0.337 e. The molecule has 0 fully saturated rings. The number of nitrogens with one attached hydrogen (secondary N) is 1. The van der Waals surface area contributed by atoms with Gasteiger partial charge in [0.1, 0.15) is 11.3 Å². The van der Waals surface area contributed by atoms with E-state index in [1.807, 2.05) is 0 Å². The normalized spacial score (nSPS) is 12.4. The molecule has 4 rings (SSSR count). The Kier molecular flexibility index (Phi) is 4.52. The fraction of sp³-hybridized carbons (Fsp3) is 0.105. The maximum absolute atomic E-state index is 14.1. The van der Waals surface area contributed by atoms with Gasteiger partial charge in [-0.3, -0.25) is 13.6 Å². The molecule has 0 aliphatic rings. The van der Waals surface area contributed by atoms with Crippen molar-refractivity contribution in [2.24, 2.45) is 0 Å². The summed E-state index contributed by atoms with van der Waals surface area (Å²) >= 11 is 0. The van der Waals surface area contributed by atoms with Gasteiger partial charge in [0.05, 0.1) is 34.3 Å². The summed E-state index contributed by atoms with van der Waals surface area (Å²) in [5, 5.41) is 0. The van der Waals surface area contributed by atoms with Gasteiger partial charge in [0.15, 0.2) is 5.65 Å². The predicted octanol–water partition coefficient (Wildman–Crippen LogP) is 1.80. The number of aromatic amines is 1. The van der Waals surface area contributed by atoms with Crippen molar-refractivity contribution in [1.29, 1.82) is 0 Å². The summed E-state index contributed by atoms with van der Waals surface area (Å²) in [5.74, 6) is -0.514. The third kappa shape index (κ3) is 2.89. The van der Waals surface area contributed by atoms with E-state index in [4.69, 9.17) is 0 Å². The van der Waals surface area contributed by atoms with Crippen LogP contribution in [0.1, 0.15) is 5.56 Å². The van der Waals surface area contributed by atoms with E-state index >= 15 is 0 Å². The average molecular weight is 398 g/mol. The van der Waals surface area contributed by atoms with Crippen molar-refractivity contribution < 1.29 is 8.60 Å². The number of imidazole rings is 1. The second-order valence-corrected chi connectivity index (χ2v) is 7.47. The number of aromatic nitrogens is 4. The van der Waals surface area contributed by atoms with Gasteiger partial charge in [0.2, 0.25) is 0 Å². The van der Waals surface area contributed by atoms with Crippen molar-refractivity contribution >= 4 is 22.0 Å². The molecule has 142 valence electrons. The van der Waals surface area contributed by atoms with Crippen LogP contribution in [-0.4, -0.2) is 29.6 Å². The molecule has 0 aliphatic carbocycles. The Balaban J connectivity index is 2.05. The van der Waals surface area contributed by atoms with Crippen molar-refractivity contribution in [3.63, 3.8) is 0 Å². The van der Waals surface area contributed by atoms with Gasteiger partial charge in [-0.2, -0.15) is 0 Å². The number of hydrogen-bond acceptors (Lipinski definition) is 4. The number of rotatable bonds is 4. The summed E-state index contributed by atoms with van der Waals surface area (Å²) in [4.78, 5) is 33.3. The number of halogens is 1. The third-order valence-corrected chi connectivity index (χ3v) is 5.38. The van der Waals surface area contributed by atoms with Crippen LogP contribution in [0.15, 0.2) is 69.3 Å². The molecule has 2 heterocycles. The molecule has 28 heavy (non-hydrogen) atoms. The molecule has 2 aromatic carbocycles. The van der Waals surface area contributed by atoms with Crippen LogP contribution in [0.25, 0.3) is 16.9 Å². The lowest BCUT2D eigenvalue weighted by atomic mass is 10.2. The minimum atomic E-state index is -1.38. The Morgan fingerprint density at radius 1 is 1.11 bits per heavy atom. The van der Waals surface area contributed by atoms with Gasteiger partial charge in [0, 0.05) is 11.8 Å². The van der Waals surface area contributed by atoms with Crippen molar-refractivity contribution in [2.45, 2.75) is 11.4 Å². The number of H-pyrrole nitrogens is 1. The summed E-state index contributed by atoms with van der Waals surface area (Å²) in [6, 6.07) is 12.6. The summed E-state index contributed by atoms with van der Waals surface area (Å²) in [7, 11) is -1.38. The zero-order valence-corrected chi connectivity index (χ0v) is 15.6. The zero-order chi connectivity index (χ0) is 19.8. The summed E-state index contributed by atoms with van der Waals surface area (Å²) < 4.78 is 28.4. The lowest BCUT2D eigenvalue weighted by molar-refractivity contribution is 0.586. The second kappa shape index (κ2) is 7.01. The molecule has 9 heteroatoms. The van der Waals surface area contributed by atoms with Gasteiger partial charge < -0.3 is 4.98 Å². The van der Waals surface area contributed by atoms with E-state index in [-0.39, 0.29) is 23.3 Å². The Hall–Kier alpha value is -3.33. The Bertz CT molecular complexity index is 1340. The molecule has 7 nitrogen and oxygen atoms in total. The van der Waals surface area contributed by atoms with Crippen molar-refractivity contribution in [1.82, 2.24) is 19.1 Å². The molecule has 1 N–H and O–H groups in total. The highest BCUT2D eigenvalue weighted by Gasteiger charge is 2.20. The van der Waals surface area contributed by atoms with Gasteiger partial charge in [-0.15, -0.1) is 0 Å². The molecular formula is C19H15FN4O3S. The van der Waals surface area contributed by atoms with E-state index < -0.39 is 27.9 Å². The second-order valence-electron chi connectivity index (χ2n) is 6.12. The SMILES string of the molecule is C[S@](=O)c1ccccc1-n1c(=O)n(Cc2ccccc2F)c(=O)c2[nH]cnc21. The van der Waals surface area contributed by atoms with Crippen molar-refractivity contribution in [2.75, 3.05) is 6.26 Å². The van der Waals surface area contributed by atoms with E-state index in [1.165, 1.54) is 35.3 Å². The Morgan fingerprint density at radius 2 is 1.82 bits per heavy atom. The number of benzene rings is 2. The molecular weight excluding hydrogens is 383 g/mol. The molecule has 1 atom stereocenters. The lowest BCUT2D eigenvalue weighted by Crippen LogP contribution is -2.40. The maximum atomic E-state index is 14.1. The molecule has 0 amide bonds. The summed E-state index contributed by atoms with van der Waals surface area (Å²) in [5.41, 5.74) is -0.504.